The first-order valence-corrected chi connectivity index (χ1v) is 10.6. The van der Waals surface area contributed by atoms with Gasteiger partial charge < -0.3 is 16.0 Å². The molecule has 2 fully saturated rings. The Morgan fingerprint density at radius 2 is 1.97 bits per heavy atom. The van der Waals surface area contributed by atoms with E-state index in [2.05, 4.69) is 22.0 Å². The lowest BCUT2D eigenvalue weighted by Crippen LogP contribution is -2.50. The van der Waals surface area contributed by atoms with Gasteiger partial charge in [0.15, 0.2) is 0 Å². The van der Waals surface area contributed by atoms with E-state index in [1.807, 2.05) is 42.5 Å². The predicted molar refractivity (Wildman–Crippen MR) is 112 cm³/mol. The summed E-state index contributed by atoms with van der Waals surface area (Å²) in [5.41, 5.74) is 4.88. The normalized spacial score (nSPS) is 24.8. The van der Waals surface area contributed by atoms with E-state index in [-0.39, 0.29) is 17.9 Å². The Bertz CT molecular complexity index is 1040. The summed E-state index contributed by atoms with van der Waals surface area (Å²) in [7, 11) is 0. The van der Waals surface area contributed by atoms with Crippen LogP contribution in [0.4, 0.5) is 0 Å². The molecule has 4 atom stereocenters. The number of carbonyl (C=O) groups excluding carboxylic acids is 2. The quantitative estimate of drug-likeness (QED) is 0.718. The third kappa shape index (κ3) is 3.46. The fraction of sp³-hybridized carbons (Fsp3) is 0.375. The van der Waals surface area contributed by atoms with Gasteiger partial charge in [0.25, 0.3) is 5.91 Å². The zero-order valence-corrected chi connectivity index (χ0v) is 16.7. The molecule has 1 aliphatic carbocycles. The van der Waals surface area contributed by atoms with Gasteiger partial charge in [-0.15, -0.1) is 0 Å². The Morgan fingerprint density at radius 1 is 1.17 bits per heavy atom. The van der Waals surface area contributed by atoms with Crippen molar-refractivity contribution in [2.24, 2.45) is 5.92 Å². The van der Waals surface area contributed by atoms with Gasteiger partial charge in [-0.3, -0.25) is 9.59 Å². The van der Waals surface area contributed by atoms with Crippen molar-refractivity contribution in [2.75, 3.05) is 0 Å². The predicted octanol–water partition coefficient (Wildman–Crippen LogP) is 2.29. The highest BCUT2D eigenvalue weighted by Crippen LogP contribution is 2.35. The summed E-state index contributed by atoms with van der Waals surface area (Å²) in [4.78, 5) is 24.3. The van der Waals surface area contributed by atoms with Crippen molar-refractivity contribution in [3.8, 4) is 17.2 Å². The lowest BCUT2D eigenvalue weighted by Gasteiger charge is -2.23. The van der Waals surface area contributed by atoms with E-state index in [9.17, 15) is 14.9 Å². The molecule has 2 aliphatic heterocycles. The molecule has 30 heavy (non-hydrogen) atoms. The van der Waals surface area contributed by atoms with Gasteiger partial charge in [-0.1, -0.05) is 30.3 Å². The Morgan fingerprint density at radius 3 is 2.67 bits per heavy atom. The van der Waals surface area contributed by atoms with Gasteiger partial charge in [0, 0.05) is 24.6 Å². The number of nitriles is 1. The topological polar surface area (TPSA) is 94.0 Å². The third-order valence-electron chi connectivity index (χ3n) is 6.63. The van der Waals surface area contributed by atoms with Crippen molar-refractivity contribution in [1.82, 2.24) is 16.0 Å². The van der Waals surface area contributed by atoms with E-state index < -0.39 is 6.04 Å². The molecule has 2 heterocycles. The maximum absolute atomic E-state index is 12.6. The van der Waals surface area contributed by atoms with Crippen LogP contribution in [0, 0.1) is 17.2 Å². The minimum atomic E-state index is -0.540. The number of nitrogens with zero attached hydrogens (tertiary/aromatic N) is 1. The minimum absolute atomic E-state index is 0.0166. The molecule has 2 amide bonds. The van der Waals surface area contributed by atoms with Gasteiger partial charge in [0.2, 0.25) is 5.91 Å². The van der Waals surface area contributed by atoms with E-state index >= 15 is 0 Å². The molecule has 1 saturated carbocycles. The highest BCUT2D eigenvalue weighted by Gasteiger charge is 2.43. The first-order chi connectivity index (χ1) is 14.6. The molecule has 0 aromatic heterocycles. The Kier molecular flexibility index (Phi) is 4.76. The second kappa shape index (κ2) is 7.58. The largest absolute Gasteiger partial charge is 0.348 e. The lowest BCUT2D eigenvalue weighted by atomic mass is 9.97. The number of nitrogens with one attached hydrogen (secondary N) is 3. The molecule has 6 nitrogen and oxygen atoms in total. The Balaban J connectivity index is 1.23. The van der Waals surface area contributed by atoms with Crippen molar-refractivity contribution in [1.29, 1.82) is 5.26 Å². The van der Waals surface area contributed by atoms with E-state index in [1.54, 1.807) is 0 Å². The van der Waals surface area contributed by atoms with Gasteiger partial charge in [-0.05, 0) is 59.6 Å². The highest BCUT2D eigenvalue weighted by atomic mass is 16.2. The molecule has 1 saturated heterocycles. The highest BCUT2D eigenvalue weighted by molar-refractivity contribution is 5.98. The van der Waals surface area contributed by atoms with Crippen LogP contribution in [0.1, 0.15) is 40.7 Å². The Hall–Kier alpha value is -3.17. The average molecular weight is 400 g/mol. The van der Waals surface area contributed by atoms with Crippen molar-refractivity contribution in [2.45, 2.75) is 50.4 Å². The molecule has 0 radical (unpaired) electrons. The van der Waals surface area contributed by atoms with E-state index in [1.165, 1.54) is 0 Å². The Labute approximate surface area is 175 Å². The monoisotopic (exact) mass is 400 g/mol. The van der Waals surface area contributed by atoms with E-state index in [4.69, 9.17) is 0 Å². The molecule has 0 unspecified atom stereocenters. The van der Waals surface area contributed by atoms with Crippen LogP contribution in [0.25, 0.3) is 11.1 Å². The SMILES string of the molecule is N#C[C@H](Cc1ccc(-c2ccc3c(c2)CNC3=O)cc1)NC(=O)[C@H]1N[C@@H]2CC[C@H]1C2. The number of benzene rings is 2. The smallest absolute Gasteiger partial charge is 0.251 e. The van der Waals surface area contributed by atoms with Crippen LogP contribution >= 0.6 is 0 Å². The zero-order chi connectivity index (χ0) is 20.7. The molecule has 0 spiro atoms. The van der Waals surface area contributed by atoms with Gasteiger partial charge in [0.05, 0.1) is 12.1 Å². The molecule has 3 N–H and O–H groups in total. The van der Waals surface area contributed by atoms with E-state index in [0.717, 1.165) is 47.1 Å². The van der Waals surface area contributed by atoms with Crippen LogP contribution in [0.3, 0.4) is 0 Å². The van der Waals surface area contributed by atoms with Crippen LogP contribution in [0.5, 0.6) is 0 Å². The number of hydrogen-bond acceptors (Lipinski definition) is 4. The van der Waals surface area contributed by atoms with Crippen LogP contribution in [0.15, 0.2) is 42.5 Å². The first-order valence-electron chi connectivity index (χ1n) is 10.6. The molecule has 2 aromatic carbocycles. The summed E-state index contributed by atoms with van der Waals surface area (Å²) in [6.07, 6.45) is 3.80. The molecule has 5 rings (SSSR count). The number of hydrogen-bond donors (Lipinski definition) is 3. The van der Waals surface area contributed by atoms with E-state index in [0.29, 0.717) is 24.9 Å². The van der Waals surface area contributed by atoms with Gasteiger partial charge in [-0.25, -0.2) is 0 Å². The standard InChI is InChI=1S/C24H24N4O2/c25-12-20(28-24(30)22-17-5-7-19(11-17)27-22)9-14-1-3-15(4-2-14)16-6-8-21-18(10-16)13-26-23(21)29/h1-4,6,8,10,17,19-20,22,27H,5,7,9,11,13H2,(H,26,29)(H,28,30)/t17-,19+,20-,22-/m0/s1. The molecule has 2 aromatic rings. The van der Waals surface area contributed by atoms with Crippen molar-refractivity contribution < 1.29 is 9.59 Å². The fourth-order valence-electron chi connectivity index (χ4n) is 5.02. The number of amides is 2. The number of carbonyl (C=O) groups is 2. The average Bonchev–Trinajstić information content (AvgIpc) is 3.50. The molecule has 2 bridgehead atoms. The summed E-state index contributed by atoms with van der Waals surface area (Å²) in [6, 6.07) is 15.9. The molecule has 152 valence electrons. The van der Waals surface area contributed by atoms with Crippen molar-refractivity contribution in [3.63, 3.8) is 0 Å². The number of fused-ring (bicyclic) bond motifs is 3. The number of rotatable bonds is 5. The lowest BCUT2D eigenvalue weighted by molar-refractivity contribution is -0.124. The molecular formula is C24H24N4O2. The third-order valence-corrected chi connectivity index (χ3v) is 6.63. The summed E-state index contributed by atoms with van der Waals surface area (Å²) in [6.45, 7) is 0.571. The minimum Gasteiger partial charge on any atom is -0.348 e. The van der Waals surface area contributed by atoms with Crippen LogP contribution in [-0.2, 0) is 17.8 Å². The van der Waals surface area contributed by atoms with Gasteiger partial charge >= 0.3 is 0 Å². The zero-order valence-electron chi connectivity index (χ0n) is 16.7. The summed E-state index contributed by atoms with van der Waals surface area (Å²) >= 11 is 0. The second-order valence-electron chi connectivity index (χ2n) is 8.56. The summed E-state index contributed by atoms with van der Waals surface area (Å²) in [5, 5.41) is 18.7. The van der Waals surface area contributed by atoms with Gasteiger partial charge in [0.1, 0.15) is 6.04 Å². The maximum Gasteiger partial charge on any atom is 0.251 e. The fourth-order valence-corrected chi connectivity index (χ4v) is 5.02. The molecular weight excluding hydrogens is 376 g/mol. The van der Waals surface area contributed by atoms with Gasteiger partial charge in [-0.2, -0.15) is 5.26 Å². The number of piperidine rings is 1. The molecule has 6 heteroatoms. The first kappa shape index (κ1) is 18.8. The summed E-state index contributed by atoms with van der Waals surface area (Å²) in [5.74, 6) is 0.343. The van der Waals surface area contributed by atoms with Crippen LogP contribution in [0.2, 0.25) is 0 Å². The second-order valence-corrected chi connectivity index (χ2v) is 8.56. The van der Waals surface area contributed by atoms with Crippen molar-refractivity contribution >= 4 is 11.8 Å². The van der Waals surface area contributed by atoms with Crippen molar-refractivity contribution in [3.05, 3.63) is 59.2 Å². The molecule has 3 aliphatic rings. The van der Waals surface area contributed by atoms with Crippen LogP contribution in [-0.4, -0.2) is 29.9 Å². The summed E-state index contributed by atoms with van der Waals surface area (Å²) < 4.78 is 0. The van der Waals surface area contributed by atoms with Crippen LogP contribution < -0.4 is 16.0 Å². The maximum atomic E-state index is 12.6.